The zero-order chi connectivity index (χ0) is 17.2. The molecule has 2 rings (SSSR count). The van der Waals surface area contributed by atoms with Crippen molar-refractivity contribution in [3.63, 3.8) is 0 Å². The Kier molecular flexibility index (Phi) is 12.0. The van der Waals surface area contributed by atoms with Gasteiger partial charge in [0, 0.05) is 45.4 Å². The first-order valence-electron chi connectivity index (χ1n) is 9.60. The number of ether oxygens (including phenoxy) is 2. The molecule has 25 heavy (non-hydrogen) atoms. The molecule has 0 aromatic carbocycles. The van der Waals surface area contributed by atoms with Crippen molar-refractivity contribution in [2.45, 2.75) is 64.1 Å². The molecular formula is C18H37IN4O2. The van der Waals surface area contributed by atoms with Crippen molar-refractivity contribution < 1.29 is 9.47 Å². The van der Waals surface area contributed by atoms with E-state index in [9.17, 15) is 0 Å². The van der Waals surface area contributed by atoms with E-state index < -0.39 is 0 Å². The number of halogens is 1. The van der Waals surface area contributed by atoms with Crippen LogP contribution in [0.4, 0.5) is 0 Å². The standard InChI is InChI=1S/C18H36N4O2.HI/c1-15-7-4-5-10-22(15)16(2)13-21-18(19-3)20-9-6-11-24-17-8-12-23-14-17;/h15-17H,4-14H2,1-3H3,(H2,19,20,21);1H. The van der Waals surface area contributed by atoms with E-state index in [1.165, 1.54) is 25.8 Å². The number of guanidine groups is 1. The van der Waals surface area contributed by atoms with Crippen LogP contribution < -0.4 is 10.6 Å². The van der Waals surface area contributed by atoms with Gasteiger partial charge in [-0.15, -0.1) is 24.0 Å². The lowest BCUT2D eigenvalue weighted by Gasteiger charge is -2.38. The van der Waals surface area contributed by atoms with Gasteiger partial charge in [0.1, 0.15) is 0 Å². The maximum atomic E-state index is 5.78. The van der Waals surface area contributed by atoms with Gasteiger partial charge < -0.3 is 20.1 Å². The van der Waals surface area contributed by atoms with Gasteiger partial charge in [-0.1, -0.05) is 6.42 Å². The molecule has 0 saturated carbocycles. The lowest BCUT2D eigenvalue weighted by Crippen LogP contribution is -2.50. The summed E-state index contributed by atoms with van der Waals surface area (Å²) in [5, 5.41) is 6.83. The molecule has 2 saturated heterocycles. The number of piperidine rings is 1. The Morgan fingerprint density at radius 2 is 2.16 bits per heavy atom. The van der Waals surface area contributed by atoms with E-state index in [1.807, 2.05) is 7.05 Å². The molecule has 0 radical (unpaired) electrons. The molecule has 2 fully saturated rings. The Bertz CT molecular complexity index is 378. The number of nitrogens with one attached hydrogen (secondary N) is 2. The molecule has 0 aromatic heterocycles. The Morgan fingerprint density at radius 3 is 2.84 bits per heavy atom. The number of aliphatic imine (C=N–C) groups is 1. The van der Waals surface area contributed by atoms with Crippen molar-refractivity contribution in [3.8, 4) is 0 Å². The lowest BCUT2D eigenvalue weighted by molar-refractivity contribution is 0.0420. The Labute approximate surface area is 170 Å². The fraction of sp³-hybridized carbons (Fsp3) is 0.944. The van der Waals surface area contributed by atoms with Crippen molar-refractivity contribution >= 4 is 29.9 Å². The van der Waals surface area contributed by atoms with Crippen molar-refractivity contribution in [2.24, 2.45) is 4.99 Å². The maximum Gasteiger partial charge on any atom is 0.191 e. The molecule has 0 aliphatic carbocycles. The molecular weight excluding hydrogens is 431 g/mol. The normalized spacial score (nSPS) is 26.1. The van der Waals surface area contributed by atoms with Crippen LogP contribution in [-0.2, 0) is 9.47 Å². The van der Waals surface area contributed by atoms with E-state index in [2.05, 4.69) is 34.4 Å². The average molecular weight is 468 g/mol. The summed E-state index contributed by atoms with van der Waals surface area (Å²) >= 11 is 0. The highest BCUT2D eigenvalue weighted by Crippen LogP contribution is 2.18. The largest absolute Gasteiger partial charge is 0.379 e. The molecule has 0 amide bonds. The summed E-state index contributed by atoms with van der Waals surface area (Å²) < 4.78 is 11.1. The molecule has 0 spiro atoms. The lowest BCUT2D eigenvalue weighted by atomic mass is 10.0. The third-order valence-electron chi connectivity index (χ3n) is 5.06. The number of hydrogen-bond donors (Lipinski definition) is 2. The summed E-state index contributed by atoms with van der Waals surface area (Å²) in [6.45, 7) is 10.0. The van der Waals surface area contributed by atoms with Gasteiger partial charge in [0.2, 0.25) is 0 Å². The van der Waals surface area contributed by atoms with Crippen LogP contribution in [-0.4, -0.2) is 75.5 Å². The molecule has 148 valence electrons. The molecule has 2 aliphatic heterocycles. The van der Waals surface area contributed by atoms with E-state index >= 15 is 0 Å². The van der Waals surface area contributed by atoms with Crippen LogP contribution in [0.25, 0.3) is 0 Å². The zero-order valence-corrected chi connectivity index (χ0v) is 18.5. The molecule has 0 bridgehead atoms. The van der Waals surface area contributed by atoms with E-state index in [1.54, 1.807) is 0 Å². The van der Waals surface area contributed by atoms with Gasteiger partial charge >= 0.3 is 0 Å². The minimum absolute atomic E-state index is 0. The zero-order valence-electron chi connectivity index (χ0n) is 16.1. The SMILES string of the molecule is CN=C(NCCCOC1CCOC1)NCC(C)N1CCCCC1C.I. The molecule has 0 aromatic rings. The first kappa shape index (κ1) is 22.9. The van der Waals surface area contributed by atoms with Gasteiger partial charge in [0.15, 0.2) is 5.96 Å². The summed E-state index contributed by atoms with van der Waals surface area (Å²) in [5.41, 5.74) is 0. The third kappa shape index (κ3) is 8.41. The smallest absolute Gasteiger partial charge is 0.191 e. The van der Waals surface area contributed by atoms with Gasteiger partial charge in [-0.2, -0.15) is 0 Å². The monoisotopic (exact) mass is 468 g/mol. The van der Waals surface area contributed by atoms with Crippen LogP contribution >= 0.6 is 24.0 Å². The molecule has 2 N–H and O–H groups in total. The van der Waals surface area contributed by atoms with Crippen LogP contribution in [0.3, 0.4) is 0 Å². The predicted octanol–water partition coefficient (Wildman–Crippen LogP) is 2.23. The summed E-state index contributed by atoms with van der Waals surface area (Å²) in [6.07, 6.45) is 6.33. The Morgan fingerprint density at radius 1 is 1.32 bits per heavy atom. The third-order valence-corrected chi connectivity index (χ3v) is 5.06. The van der Waals surface area contributed by atoms with Crippen molar-refractivity contribution in [1.82, 2.24) is 15.5 Å². The second kappa shape index (κ2) is 13.1. The van der Waals surface area contributed by atoms with Gasteiger partial charge in [-0.3, -0.25) is 9.89 Å². The second-order valence-corrected chi connectivity index (χ2v) is 7.02. The predicted molar refractivity (Wildman–Crippen MR) is 114 cm³/mol. The van der Waals surface area contributed by atoms with Gasteiger partial charge in [0.25, 0.3) is 0 Å². The summed E-state index contributed by atoms with van der Waals surface area (Å²) in [5.74, 6) is 0.885. The van der Waals surface area contributed by atoms with E-state index in [4.69, 9.17) is 9.47 Å². The second-order valence-electron chi connectivity index (χ2n) is 7.02. The summed E-state index contributed by atoms with van der Waals surface area (Å²) in [4.78, 5) is 6.93. The first-order valence-corrected chi connectivity index (χ1v) is 9.60. The quantitative estimate of drug-likeness (QED) is 0.248. The highest BCUT2D eigenvalue weighted by molar-refractivity contribution is 14.0. The van der Waals surface area contributed by atoms with Crippen molar-refractivity contribution in [3.05, 3.63) is 0 Å². The van der Waals surface area contributed by atoms with Crippen LogP contribution in [0.2, 0.25) is 0 Å². The average Bonchev–Trinajstić information content (AvgIpc) is 3.11. The van der Waals surface area contributed by atoms with Crippen LogP contribution in [0.1, 0.15) is 46.0 Å². The fourth-order valence-electron chi connectivity index (χ4n) is 3.53. The fourth-order valence-corrected chi connectivity index (χ4v) is 3.53. The first-order chi connectivity index (χ1) is 11.7. The topological polar surface area (TPSA) is 58.1 Å². The molecule has 6 nitrogen and oxygen atoms in total. The summed E-state index contributed by atoms with van der Waals surface area (Å²) in [7, 11) is 1.83. The minimum Gasteiger partial charge on any atom is -0.379 e. The van der Waals surface area contributed by atoms with E-state index in [0.29, 0.717) is 18.2 Å². The number of likely N-dealkylation sites (tertiary alicyclic amines) is 1. The van der Waals surface area contributed by atoms with Crippen LogP contribution in [0.15, 0.2) is 4.99 Å². The number of rotatable bonds is 8. The van der Waals surface area contributed by atoms with Crippen molar-refractivity contribution in [1.29, 1.82) is 0 Å². The molecule has 2 heterocycles. The van der Waals surface area contributed by atoms with Gasteiger partial charge in [0.05, 0.1) is 12.7 Å². The van der Waals surface area contributed by atoms with E-state index in [0.717, 1.165) is 51.7 Å². The Hall–Kier alpha value is -0.120. The summed E-state index contributed by atoms with van der Waals surface area (Å²) in [6, 6.07) is 1.23. The van der Waals surface area contributed by atoms with Crippen LogP contribution in [0, 0.1) is 0 Å². The minimum atomic E-state index is 0. The van der Waals surface area contributed by atoms with Gasteiger partial charge in [-0.05, 0) is 46.1 Å². The Balaban J connectivity index is 0.00000312. The van der Waals surface area contributed by atoms with Crippen LogP contribution in [0.5, 0.6) is 0 Å². The highest BCUT2D eigenvalue weighted by Gasteiger charge is 2.23. The maximum absolute atomic E-state index is 5.78. The highest BCUT2D eigenvalue weighted by atomic mass is 127. The van der Waals surface area contributed by atoms with Gasteiger partial charge in [-0.25, -0.2) is 0 Å². The van der Waals surface area contributed by atoms with Crippen molar-refractivity contribution in [2.75, 3.05) is 46.5 Å². The molecule has 2 aliphatic rings. The number of nitrogens with zero attached hydrogens (tertiary/aromatic N) is 2. The van der Waals surface area contributed by atoms with E-state index in [-0.39, 0.29) is 24.0 Å². The molecule has 7 heteroatoms. The molecule has 3 atom stereocenters. The molecule has 3 unspecified atom stereocenters. The number of hydrogen-bond acceptors (Lipinski definition) is 4.